The molecule has 0 amide bonds. The van der Waals surface area contributed by atoms with Crippen molar-refractivity contribution in [2.24, 2.45) is 5.92 Å². The number of aliphatic hydroxyl groups excluding tert-OH is 1. The van der Waals surface area contributed by atoms with E-state index in [9.17, 15) is 5.11 Å². The van der Waals surface area contributed by atoms with E-state index in [2.05, 4.69) is 22.9 Å². The first kappa shape index (κ1) is 16.2. The summed E-state index contributed by atoms with van der Waals surface area (Å²) in [6.45, 7) is 6.10. The third-order valence-corrected chi connectivity index (χ3v) is 4.31. The first-order valence-corrected chi connectivity index (χ1v) is 7.94. The molecule has 0 bridgehead atoms. The molecule has 1 aromatic heterocycles. The lowest BCUT2D eigenvalue weighted by Gasteiger charge is -2.38. The molecule has 1 unspecified atom stereocenters. The second kappa shape index (κ2) is 6.42. The van der Waals surface area contributed by atoms with Crippen molar-refractivity contribution in [2.45, 2.75) is 19.5 Å². The van der Waals surface area contributed by atoms with Gasteiger partial charge in [-0.25, -0.2) is 0 Å². The third kappa shape index (κ3) is 2.89. The molecule has 2 aromatic rings. The van der Waals surface area contributed by atoms with Gasteiger partial charge in [-0.2, -0.15) is 5.26 Å². The van der Waals surface area contributed by atoms with E-state index >= 15 is 0 Å². The van der Waals surface area contributed by atoms with Crippen molar-refractivity contribution in [1.29, 1.82) is 5.26 Å². The Labute approximate surface area is 145 Å². The van der Waals surface area contributed by atoms with Gasteiger partial charge in [0.2, 0.25) is 0 Å². The Balaban J connectivity index is 1.83. The van der Waals surface area contributed by atoms with E-state index in [0.29, 0.717) is 17.4 Å². The Morgan fingerprint density at radius 3 is 3.00 bits per heavy atom. The first-order valence-electron chi connectivity index (χ1n) is 7.56. The normalized spacial score (nSPS) is 17.6. The van der Waals surface area contributed by atoms with E-state index in [1.165, 1.54) is 0 Å². The van der Waals surface area contributed by atoms with Gasteiger partial charge in [0.15, 0.2) is 5.76 Å². The second-order valence-corrected chi connectivity index (χ2v) is 6.20. The molecule has 6 heteroatoms. The maximum atomic E-state index is 10.2. The Morgan fingerprint density at radius 2 is 2.33 bits per heavy atom. The van der Waals surface area contributed by atoms with E-state index in [1.807, 2.05) is 29.2 Å². The van der Waals surface area contributed by atoms with Crippen LogP contribution in [-0.2, 0) is 6.54 Å². The van der Waals surface area contributed by atoms with Crippen LogP contribution in [0.25, 0.3) is 10.9 Å². The quantitative estimate of drug-likeness (QED) is 0.868. The number of hydrogen-bond donors (Lipinski definition) is 2. The number of nitrogens with zero attached hydrogens (tertiary/aromatic N) is 3. The highest BCUT2D eigenvalue weighted by Gasteiger charge is 2.35. The number of benzene rings is 1. The van der Waals surface area contributed by atoms with E-state index < -0.39 is 0 Å². The largest absolute Gasteiger partial charge is 0.506 e. The van der Waals surface area contributed by atoms with Gasteiger partial charge in [-0.3, -0.25) is 4.98 Å². The molecular formula is C18H17ClN4O. The molecule has 0 saturated heterocycles. The van der Waals surface area contributed by atoms with E-state index in [1.54, 1.807) is 19.3 Å². The summed E-state index contributed by atoms with van der Waals surface area (Å²) in [6, 6.07) is 9.60. The van der Waals surface area contributed by atoms with Crippen LogP contribution in [0.4, 0.5) is 0 Å². The predicted octanol–water partition coefficient (Wildman–Crippen LogP) is 3.69. The number of pyridine rings is 1. The summed E-state index contributed by atoms with van der Waals surface area (Å²) in [5, 5.41) is 23.8. The number of aliphatic hydroxyl groups is 1. The highest BCUT2D eigenvalue weighted by Crippen LogP contribution is 2.27. The molecule has 0 saturated carbocycles. The lowest BCUT2D eigenvalue weighted by atomic mass is 9.96. The Morgan fingerprint density at radius 1 is 1.54 bits per heavy atom. The number of nitrogens with one attached hydrogen (secondary N) is 1. The van der Waals surface area contributed by atoms with E-state index in [0.717, 1.165) is 16.5 Å². The number of aromatic nitrogens is 1. The minimum Gasteiger partial charge on any atom is -0.506 e. The minimum atomic E-state index is -0.327. The topological polar surface area (TPSA) is 72.2 Å². The van der Waals surface area contributed by atoms with Gasteiger partial charge in [0.05, 0.1) is 22.5 Å². The number of rotatable bonds is 5. The van der Waals surface area contributed by atoms with Crippen LogP contribution in [0.15, 0.2) is 54.8 Å². The molecule has 2 N–H and O–H groups in total. The second-order valence-electron chi connectivity index (χ2n) is 5.76. The van der Waals surface area contributed by atoms with Crippen molar-refractivity contribution in [3.63, 3.8) is 0 Å². The molecule has 0 fully saturated rings. The van der Waals surface area contributed by atoms with Gasteiger partial charge in [0.1, 0.15) is 11.9 Å². The summed E-state index contributed by atoms with van der Waals surface area (Å²) >= 11 is 6.00. The average Bonchev–Trinajstić information content (AvgIpc) is 2.58. The highest BCUT2D eigenvalue weighted by atomic mass is 35.5. The Bertz CT molecular complexity index is 871. The van der Waals surface area contributed by atoms with Crippen LogP contribution in [0.5, 0.6) is 0 Å². The summed E-state index contributed by atoms with van der Waals surface area (Å²) in [7, 11) is 0. The van der Waals surface area contributed by atoms with Crippen LogP contribution in [0.2, 0.25) is 5.02 Å². The molecule has 2 heterocycles. The first-order chi connectivity index (χ1) is 11.5. The summed E-state index contributed by atoms with van der Waals surface area (Å²) in [5.41, 5.74) is 1.91. The van der Waals surface area contributed by atoms with Crippen molar-refractivity contribution >= 4 is 22.5 Å². The van der Waals surface area contributed by atoms with Crippen molar-refractivity contribution in [3.8, 4) is 6.07 Å². The van der Waals surface area contributed by atoms with Gasteiger partial charge in [0, 0.05) is 18.1 Å². The lowest BCUT2D eigenvalue weighted by molar-refractivity contribution is 0.217. The number of hydrogen-bond acceptors (Lipinski definition) is 5. The maximum Gasteiger partial charge on any atom is 0.156 e. The highest BCUT2D eigenvalue weighted by molar-refractivity contribution is 6.31. The molecule has 3 rings (SSSR count). The summed E-state index contributed by atoms with van der Waals surface area (Å²) < 4.78 is 0. The van der Waals surface area contributed by atoms with Crippen LogP contribution < -0.4 is 5.32 Å². The molecule has 1 aliphatic heterocycles. The molecule has 1 aromatic carbocycles. The van der Waals surface area contributed by atoms with Crippen molar-refractivity contribution in [3.05, 3.63) is 65.4 Å². The van der Waals surface area contributed by atoms with Crippen molar-refractivity contribution < 1.29 is 5.11 Å². The third-order valence-electron chi connectivity index (χ3n) is 4.11. The molecule has 0 spiro atoms. The molecule has 24 heavy (non-hydrogen) atoms. The van der Waals surface area contributed by atoms with Crippen LogP contribution in [0.3, 0.4) is 0 Å². The summed E-state index contributed by atoms with van der Waals surface area (Å²) in [4.78, 5) is 6.09. The molecule has 5 nitrogen and oxygen atoms in total. The van der Waals surface area contributed by atoms with Crippen molar-refractivity contribution in [2.75, 3.05) is 0 Å². The van der Waals surface area contributed by atoms with Gasteiger partial charge in [-0.1, -0.05) is 24.2 Å². The fourth-order valence-corrected chi connectivity index (χ4v) is 2.88. The van der Waals surface area contributed by atoms with Crippen LogP contribution >= 0.6 is 11.6 Å². The molecular weight excluding hydrogens is 324 g/mol. The maximum absolute atomic E-state index is 10.2. The van der Waals surface area contributed by atoms with Gasteiger partial charge >= 0.3 is 0 Å². The monoisotopic (exact) mass is 340 g/mol. The Hall–Kier alpha value is -2.71. The van der Waals surface area contributed by atoms with E-state index in [4.69, 9.17) is 16.9 Å². The van der Waals surface area contributed by atoms with Crippen LogP contribution in [0.1, 0.15) is 12.5 Å². The summed E-state index contributed by atoms with van der Waals surface area (Å²) in [5.74, 6) is 0.477. The average molecular weight is 341 g/mol. The summed E-state index contributed by atoms with van der Waals surface area (Å²) in [6.07, 6.45) is 3.27. The van der Waals surface area contributed by atoms with Crippen molar-refractivity contribution in [1.82, 2.24) is 15.2 Å². The zero-order chi connectivity index (χ0) is 17.3. The zero-order valence-electron chi connectivity index (χ0n) is 13.2. The number of nitriles is 1. The van der Waals surface area contributed by atoms with E-state index in [-0.39, 0.29) is 17.7 Å². The fraction of sp³-hybridized carbons (Fsp3) is 0.222. The minimum absolute atomic E-state index is 0.189. The standard InChI is InChI=1S/C18H17ClN4O/c1-3-23(18-17(24)16(22-18)11(2)8-20)10-12-4-5-15-13(6-12)7-14(19)9-21-15/h3-7,9,11,16,22,24H,1,10H2,2H3/t11?,16-/m0/s1. The molecule has 0 aliphatic carbocycles. The smallest absolute Gasteiger partial charge is 0.156 e. The van der Waals surface area contributed by atoms with Gasteiger partial charge in [-0.05, 0) is 36.9 Å². The number of fused-ring (bicyclic) bond motifs is 1. The van der Waals surface area contributed by atoms with Crippen LogP contribution in [0, 0.1) is 17.2 Å². The predicted molar refractivity (Wildman–Crippen MR) is 93.8 cm³/mol. The Kier molecular flexibility index (Phi) is 4.32. The molecule has 0 radical (unpaired) electrons. The van der Waals surface area contributed by atoms with Gasteiger partial charge in [-0.15, -0.1) is 0 Å². The van der Waals surface area contributed by atoms with Gasteiger partial charge < -0.3 is 15.3 Å². The lowest BCUT2D eigenvalue weighted by Crippen LogP contribution is -2.50. The molecule has 2 atom stereocenters. The number of halogens is 1. The SMILES string of the molecule is C=CN(Cc1ccc2ncc(Cl)cc2c1)C1=C(O)[C@H](C(C)C#N)N1. The molecule has 1 aliphatic rings. The fourth-order valence-electron chi connectivity index (χ4n) is 2.71. The van der Waals surface area contributed by atoms with Crippen LogP contribution in [-0.4, -0.2) is 21.0 Å². The zero-order valence-corrected chi connectivity index (χ0v) is 14.0. The molecule has 122 valence electrons. The van der Waals surface area contributed by atoms with Gasteiger partial charge in [0.25, 0.3) is 0 Å².